The molecule has 0 radical (unpaired) electrons. The predicted molar refractivity (Wildman–Crippen MR) is 52.7 cm³/mol. The van der Waals surface area contributed by atoms with Gasteiger partial charge in [0.15, 0.2) is 0 Å². The third-order valence-electron chi connectivity index (χ3n) is 2.67. The van der Waals surface area contributed by atoms with Crippen LogP contribution in [0.5, 0.6) is 0 Å². The first-order valence-electron chi connectivity index (χ1n) is 4.72. The molecule has 11 heavy (non-hydrogen) atoms. The van der Waals surface area contributed by atoms with Crippen molar-refractivity contribution in [2.75, 3.05) is 0 Å². The van der Waals surface area contributed by atoms with Gasteiger partial charge in [-0.2, -0.15) is 0 Å². The summed E-state index contributed by atoms with van der Waals surface area (Å²) >= 11 is 0. The lowest BCUT2D eigenvalue weighted by molar-refractivity contribution is 0.298. The summed E-state index contributed by atoms with van der Waals surface area (Å²) in [7, 11) is 0. The van der Waals surface area contributed by atoms with Crippen molar-refractivity contribution in [2.45, 2.75) is 47.5 Å². The van der Waals surface area contributed by atoms with Gasteiger partial charge >= 0.3 is 0 Å². The van der Waals surface area contributed by atoms with E-state index in [1.54, 1.807) is 0 Å². The third kappa shape index (κ3) is 3.60. The van der Waals surface area contributed by atoms with Crippen molar-refractivity contribution in [1.82, 2.24) is 0 Å². The molecule has 1 unspecified atom stereocenters. The average Bonchev–Trinajstić information content (AvgIpc) is 1.99. The van der Waals surface area contributed by atoms with E-state index in [9.17, 15) is 0 Å². The maximum atomic E-state index is 2.35. The lowest BCUT2D eigenvalue weighted by Gasteiger charge is -2.27. The van der Waals surface area contributed by atoms with Crippen LogP contribution in [0.1, 0.15) is 47.5 Å². The van der Waals surface area contributed by atoms with Crippen molar-refractivity contribution < 1.29 is 0 Å². The topological polar surface area (TPSA) is 0 Å². The smallest absolute Gasteiger partial charge is 0.0149 e. The molecule has 0 amide bonds. The molecule has 0 N–H and O–H groups in total. The van der Waals surface area contributed by atoms with Crippen LogP contribution >= 0.6 is 0 Å². The SMILES string of the molecule is CCC=CC(C)(C)C(C)CC. The Hall–Kier alpha value is -0.260. The van der Waals surface area contributed by atoms with Gasteiger partial charge in [-0.15, -0.1) is 0 Å². The van der Waals surface area contributed by atoms with E-state index < -0.39 is 0 Å². The Morgan fingerprint density at radius 2 is 1.82 bits per heavy atom. The van der Waals surface area contributed by atoms with Crippen molar-refractivity contribution in [3.05, 3.63) is 12.2 Å². The van der Waals surface area contributed by atoms with Crippen molar-refractivity contribution in [3.63, 3.8) is 0 Å². The monoisotopic (exact) mass is 154 g/mol. The predicted octanol–water partition coefficient (Wildman–Crippen LogP) is 4.02. The highest BCUT2D eigenvalue weighted by Gasteiger charge is 2.20. The van der Waals surface area contributed by atoms with E-state index in [0.717, 1.165) is 12.3 Å². The van der Waals surface area contributed by atoms with Gasteiger partial charge in [-0.25, -0.2) is 0 Å². The molecule has 0 spiro atoms. The van der Waals surface area contributed by atoms with Crippen LogP contribution in [0, 0.1) is 11.3 Å². The Bertz CT molecular complexity index is 120. The van der Waals surface area contributed by atoms with Crippen LogP contribution in [0.2, 0.25) is 0 Å². The standard InChI is InChI=1S/C11H22/c1-6-8-9-11(4,5)10(3)7-2/h8-10H,6-7H2,1-5H3. The van der Waals surface area contributed by atoms with Crippen molar-refractivity contribution in [3.8, 4) is 0 Å². The second kappa shape index (κ2) is 4.58. The number of rotatable bonds is 4. The Morgan fingerprint density at radius 1 is 1.27 bits per heavy atom. The van der Waals surface area contributed by atoms with Crippen LogP contribution in [-0.4, -0.2) is 0 Å². The summed E-state index contributed by atoms with van der Waals surface area (Å²) in [5, 5.41) is 0. The van der Waals surface area contributed by atoms with E-state index in [1.165, 1.54) is 6.42 Å². The molecule has 0 fully saturated rings. The van der Waals surface area contributed by atoms with Crippen molar-refractivity contribution in [2.24, 2.45) is 11.3 Å². The minimum atomic E-state index is 0.380. The summed E-state index contributed by atoms with van der Waals surface area (Å²) in [6, 6.07) is 0. The van der Waals surface area contributed by atoms with E-state index in [-0.39, 0.29) is 0 Å². The fourth-order valence-corrected chi connectivity index (χ4v) is 1.11. The van der Waals surface area contributed by atoms with Gasteiger partial charge in [0, 0.05) is 0 Å². The van der Waals surface area contributed by atoms with Crippen molar-refractivity contribution >= 4 is 0 Å². The minimum Gasteiger partial charge on any atom is -0.0883 e. The van der Waals surface area contributed by atoms with Crippen LogP contribution in [0.15, 0.2) is 12.2 Å². The molecule has 0 saturated carbocycles. The Kier molecular flexibility index (Phi) is 4.48. The first-order valence-corrected chi connectivity index (χ1v) is 4.72. The Labute approximate surface area is 71.7 Å². The van der Waals surface area contributed by atoms with Crippen LogP contribution < -0.4 is 0 Å². The molecule has 0 saturated heterocycles. The molecule has 66 valence electrons. The maximum Gasteiger partial charge on any atom is -0.0149 e. The molecule has 0 rings (SSSR count). The lowest BCUT2D eigenvalue weighted by atomic mass is 9.78. The molecule has 0 aromatic carbocycles. The van der Waals surface area contributed by atoms with Gasteiger partial charge in [-0.1, -0.05) is 53.2 Å². The molecule has 0 aromatic rings. The highest BCUT2D eigenvalue weighted by atomic mass is 14.2. The number of hydrogen-bond acceptors (Lipinski definition) is 0. The van der Waals surface area contributed by atoms with Gasteiger partial charge in [0.25, 0.3) is 0 Å². The van der Waals surface area contributed by atoms with Crippen molar-refractivity contribution in [1.29, 1.82) is 0 Å². The first-order chi connectivity index (χ1) is 5.04. The van der Waals surface area contributed by atoms with Crippen LogP contribution in [-0.2, 0) is 0 Å². The quantitative estimate of drug-likeness (QED) is 0.536. The number of hydrogen-bond donors (Lipinski definition) is 0. The van der Waals surface area contributed by atoms with Gasteiger partial charge in [0.2, 0.25) is 0 Å². The summed E-state index contributed by atoms with van der Waals surface area (Å²) in [6.45, 7) is 11.4. The molecule has 0 aliphatic heterocycles. The zero-order chi connectivity index (χ0) is 8.91. The minimum absolute atomic E-state index is 0.380. The fourth-order valence-electron chi connectivity index (χ4n) is 1.11. The molecule has 0 heterocycles. The van der Waals surface area contributed by atoms with Gasteiger partial charge < -0.3 is 0 Å². The largest absolute Gasteiger partial charge is 0.0883 e. The van der Waals surface area contributed by atoms with E-state index in [0.29, 0.717) is 5.41 Å². The van der Waals surface area contributed by atoms with E-state index >= 15 is 0 Å². The summed E-state index contributed by atoms with van der Waals surface area (Å²) < 4.78 is 0. The van der Waals surface area contributed by atoms with Gasteiger partial charge in [0.1, 0.15) is 0 Å². The van der Waals surface area contributed by atoms with Gasteiger partial charge in [-0.05, 0) is 17.8 Å². The van der Waals surface area contributed by atoms with E-state index in [1.807, 2.05) is 0 Å². The molecule has 0 aromatic heterocycles. The molecular weight excluding hydrogens is 132 g/mol. The summed E-state index contributed by atoms with van der Waals surface area (Å²) in [5.74, 6) is 0.783. The summed E-state index contributed by atoms with van der Waals surface area (Å²) in [5.41, 5.74) is 0.380. The van der Waals surface area contributed by atoms with E-state index in [4.69, 9.17) is 0 Å². The molecule has 0 aliphatic rings. The Balaban J connectivity index is 4.08. The third-order valence-corrected chi connectivity index (χ3v) is 2.67. The molecule has 0 heteroatoms. The molecule has 0 aliphatic carbocycles. The van der Waals surface area contributed by atoms with Crippen LogP contribution in [0.25, 0.3) is 0 Å². The summed E-state index contributed by atoms with van der Waals surface area (Å²) in [6.07, 6.45) is 7.04. The maximum absolute atomic E-state index is 2.35. The lowest BCUT2D eigenvalue weighted by Crippen LogP contribution is -2.17. The first kappa shape index (κ1) is 10.7. The zero-order valence-corrected chi connectivity index (χ0v) is 8.65. The number of allylic oxidation sites excluding steroid dienone is 2. The van der Waals surface area contributed by atoms with Gasteiger partial charge in [-0.3, -0.25) is 0 Å². The highest BCUT2D eigenvalue weighted by Crippen LogP contribution is 2.30. The van der Waals surface area contributed by atoms with Gasteiger partial charge in [0.05, 0.1) is 0 Å². The fraction of sp³-hybridized carbons (Fsp3) is 0.818. The Morgan fingerprint density at radius 3 is 2.18 bits per heavy atom. The molecule has 1 atom stereocenters. The van der Waals surface area contributed by atoms with Crippen LogP contribution in [0.4, 0.5) is 0 Å². The second-order valence-electron chi connectivity index (χ2n) is 3.94. The second-order valence-corrected chi connectivity index (χ2v) is 3.94. The van der Waals surface area contributed by atoms with Crippen LogP contribution in [0.3, 0.4) is 0 Å². The average molecular weight is 154 g/mol. The summed E-state index contributed by atoms with van der Waals surface area (Å²) in [4.78, 5) is 0. The molecular formula is C11H22. The molecule has 0 nitrogen and oxygen atoms in total. The molecule has 0 bridgehead atoms. The van der Waals surface area contributed by atoms with E-state index in [2.05, 4.69) is 46.8 Å². The zero-order valence-electron chi connectivity index (χ0n) is 8.65. The normalized spacial score (nSPS) is 15.7. The highest BCUT2D eigenvalue weighted by molar-refractivity contribution is 4.96.